The van der Waals surface area contributed by atoms with Gasteiger partial charge in [0.1, 0.15) is 0 Å². The van der Waals surface area contributed by atoms with Gasteiger partial charge in [0, 0.05) is 0 Å². The number of rotatable bonds is 4. The number of esters is 1. The average molecular weight is 236 g/mol. The van der Waals surface area contributed by atoms with Crippen LogP contribution in [0.4, 0.5) is 17.6 Å². The molecule has 88 valence electrons. The summed E-state index contributed by atoms with van der Waals surface area (Å²) in [5.74, 6) is -1.18. The summed E-state index contributed by atoms with van der Waals surface area (Å²) in [6.07, 6.45) is -9.63. The van der Waals surface area contributed by atoms with Gasteiger partial charge in [-0.1, -0.05) is 18.2 Å². The molecule has 0 aliphatic heterocycles. The smallest absolute Gasteiger partial charge is 0.340 e. The number of hydrogen-bond donors (Lipinski definition) is 0. The van der Waals surface area contributed by atoms with E-state index < -0.39 is 24.9 Å². The van der Waals surface area contributed by atoms with Crippen molar-refractivity contribution in [3.8, 4) is 0 Å². The Kier molecular flexibility index (Phi) is 4.28. The highest BCUT2D eigenvalue weighted by Crippen LogP contribution is 2.15. The molecule has 16 heavy (non-hydrogen) atoms. The maximum Gasteiger partial charge on any atom is 0.340 e. The largest absolute Gasteiger partial charge is 0.424 e. The molecule has 2 unspecified atom stereocenters. The first kappa shape index (κ1) is 12.5. The van der Waals surface area contributed by atoms with Gasteiger partial charge in [-0.05, 0) is 12.1 Å². The molecule has 0 radical (unpaired) electrons. The van der Waals surface area contributed by atoms with Crippen molar-refractivity contribution in [1.82, 2.24) is 0 Å². The van der Waals surface area contributed by atoms with Gasteiger partial charge in [0.05, 0.1) is 5.56 Å². The number of benzene rings is 1. The van der Waals surface area contributed by atoms with Crippen LogP contribution in [0.2, 0.25) is 0 Å². The number of carbonyl (C=O) groups is 1. The maximum atomic E-state index is 12.7. The van der Waals surface area contributed by atoms with E-state index in [9.17, 15) is 22.4 Å². The third kappa shape index (κ3) is 3.22. The minimum Gasteiger partial charge on any atom is -0.424 e. The summed E-state index contributed by atoms with van der Waals surface area (Å²) in [6, 6.07) is 7.14. The van der Waals surface area contributed by atoms with Gasteiger partial charge in [-0.3, -0.25) is 0 Å². The van der Waals surface area contributed by atoms with Crippen LogP contribution in [0.3, 0.4) is 0 Å². The molecule has 2 atom stereocenters. The SMILES string of the molecule is O=C(OC(F)C(F)C(F)F)c1ccccc1. The molecular formula is C10H8F4O2. The molecule has 0 aliphatic carbocycles. The molecule has 0 saturated carbocycles. The topological polar surface area (TPSA) is 26.3 Å². The second-order valence-corrected chi connectivity index (χ2v) is 2.90. The van der Waals surface area contributed by atoms with Crippen LogP contribution in [0.1, 0.15) is 10.4 Å². The molecule has 0 spiro atoms. The van der Waals surface area contributed by atoms with Crippen LogP contribution in [0.5, 0.6) is 0 Å². The van der Waals surface area contributed by atoms with Crippen LogP contribution in [0.25, 0.3) is 0 Å². The summed E-state index contributed by atoms with van der Waals surface area (Å²) in [5, 5.41) is 0. The first-order valence-corrected chi connectivity index (χ1v) is 4.34. The fourth-order valence-corrected chi connectivity index (χ4v) is 0.924. The van der Waals surface area contributed by atoms with E-state index in [1.165, 1.54) is 24.3 Å². The van der Waals surface area contributed by atoms with Crippen molar-refractivity contribution >= 4 is 5.97 Å². The van der Waals surface area contributed by atoms with Gasteiger partial charge in [0.15, 0.2) is 0 Å². The van der Waals surface area contributed by atoms with Crippen molar-refractivity contribution in [3.63, 3.8) is 0 Å². The Morgan fingerprint density at radius 2 is 1.62 bits per heavy atom. The quantitative estimate of drug-likeness (QED) is 0.593. The Balaban J connectivity index is 2.59. The number of halogens is 4. The lowest BCUT2D eigenvalue weighted by atomic mass is 10.2. The second-order valence-electron chi connectivity index (χ2n) is 2.90. The van der Waals surface area contributed by atoms with Gasteiger partial charge in [0.25, 0.3) is 12.8 Å². The average Bonchev–Trinajstić information content (AvgIpc) is 2.28. The van der Waals surface area contributed by atoms with Crippen molar-refractivity contribution in [2.24, 2.45) is 0 Å². The zero-order valence-corrected chi connectivity index (χ0v) is 7.95. The van der Waals surface area contributed by atoms with Crippen LogP contribution in [-0.4, -0.2) is 24.9 Å². The van der Waals surface area contributed by atoms with Gasteiger partial charge >= 0.3 is 5.97 Å². The Bertz CT molecular complexity index is 342. The molecule has 0 N–H and O–H groups in total. The minimum absolute atomic E-state index is 0.0355. The van der Waals surface area contributed by atoms with Gasteiger partial charge < -0.3 is 4.74 Å². The molecule has 1 rings (SSSR count). The zero-order valence-electron chi connectivity index (χ0n) is 7.95. The third-order valence-corrected chi connectivity index (χ3v) is 1.72. The number of hydrogen-bond acceptors (Lipinski definition) is 2. The summed E-state index contributed by atoms with van der Waals surface area (Å²) in [5.41, 5.74) is -0.0355. The molecule has 0 aliphatic rings. The van der Waals surface area contributed by atoms with Gasteiger partial charge in [-0.25, -0.2) is 18.0 Å². The van der Waals surface area contributed by atoms with Crippen molar-refractivity contribution in [2.45, 2.75) is 19.0 Å². The van der Waals surface area contributed by atoms with E-state index in [-0.39, 0.29) is 5.56 Å². The van der Waals surface area contributed by atoms with Crippen LogP contribution < -0.4 is 0 Å². The molecule has 0 aromatic heterocycles. The number of ether oxygens (including phenoxy) is 1. The summed E-state index contributed by atoms with van der Waals surface area (Å²) in [7, 11) is 0. The number of carbonyl (C=O) groups excluding carboxylic acids is 1. The molecule has 6 heteroatoms. The Morgan fingerprint density at radius 1 is 1.06 bits per heavy atom. The third-order valence-electron chi connectivity index (χ3n) is 1.72. The number of alkyl halides is 4. The monoisotopic (exact) mass is 236 g/mol. The molecule has 0 amide bonds. The van der Waals surface area contributed by atoms with E-state index in [0.29, 0.717) is 0 Å². The van der Waals surface area contributed by atoms with Crippen LogP contribution in [-0.2, 0) is 4.74 Å². The van der Waals surface area contributed by atoms with E-state index in [4.69, 9.17) is 0 Å². The Labute approximate surface area is 88.8 Å². The lowest BCUT2D eigenvalue weighted by Crippen LogP contribution is -2.29. The van der Waals surface area contributed by atoms with E-state index in [1.54, 1.807) is 6.07 Å². The summed E-state index contributed by atoms with van der Waals surface area (Å²) < 4.78 is 52.4. The zero-order chi connectivity index (χ0) is 12.1. The highest BCUT2D eigenvalue weighted by atomic mass is 19.3. The van der Waals surface area contributed by atoms with Gasteiger partial charge in [-0.2, -0.15) is 4.39 Å². The molecular weight excluding hydrogens is 228 g/mol. The second kappa shape index (κ2) is 5.48. The summed E-state index contributed by atoms with van der Waals surface area (Å²) in [6.45, 7) is 0. The van der Waals surface area contributed by atoms with Crippen molar-refractivity contribution in [3.05, 3.63) is 35.9 Å². The molecule has 2 nitrogen and oxygen atoms in total. The van der Waals surface area contributed by atoms with Crippen LogP contribution in [0.15, 0.2) is 30.3 Å². The Morgan fingerprint density at radius 3 is 2.12 bits per heavy atom. The molecule has 0 heterocycles. The molecule has 0 saturated heterocycles. The molecule has 0 bridgehead atoms. The fourth-order valence-electron chi connectivity index (χ4n) is 0.924. The fraction of sp³-hybridized carbons (Fsp3) is 0.300. The predicted octanol–water partition coefficient (Wildman–Crippen LogP) is 2.74. The summed E-state index contributed by atoms with van der Waals surface area (Å²) in [4.78, 5) is 11.1. The van der Waals surface area contributed by atoms with Crippen molar-refractivity contribution in [2.75, 3.05) is 0 Å². The van der Waals surface area contributed by atoms with Crippen LogP contribution in [0, 0.1) is 0 Å². The normalized spacial score (nSPS) is 14.6. The van der Waals surface area contributed by atoms with E-state index in [1.807, 2.05) is 0 Å². The van der Waals surface area contributed by atoms with E-state index in [2.05, 4.69) is 4.74 Å². The minimum atomic E-state index is -3.53. The van der Waals surface area contributed by atoms with Gasteiger partial charge in [0.2, 0.25) is 6.17 Å². The maximum absolute atomic E-state index is 12.7. The molecule has 1 aromatic carbocycles. The lowest BCUT2D eigenvalue weighted by molar-refractivity contribution is -0.0994. The van der Waals surface area contributed by atoms with Crippen molar-refractivity contribution in [1.29, 1.82) is 0 Å². The van der Waals surface area contributed by atoms with E-state index >= 15 is 0 Å². The van der Waals surface area contributed by atoms with E-state index in [0.717, 1.165) is 0 Å². The first-order chi connectivity index (χ1) is 7.52. The standard InChI is InChI=1S/C10H8F4O2/c11-7(8(12)13)9(14)16-10(15)6-4-2-1-3-5-6/h1-5,7-9H. The molecule has 0 fully saturated rings. The first-order valence-electron chi connectivity index (χ1n) is 4.34. The Hall–Kier alpha value is -1.59. The van der Waals surface area contributed by atoms with Crippen LogP contribution >= 0.6 is 0 Å². The molecule has 1 aromatic rings. The highest BCUT2D eigenvalue weighted by Gasteiger charge is 2.32. The van der Waals surface area contributed by atoms with Crippen molar-refractivity contribution < 1.29 is 27.1 Å². The van der Waals surface area contributed by atoms with Gasteiger partial charge in [-0.15, -0.1) is 0 Å². The predicted molar refractivity (Wildman–Crippen MR) is 47.7 cm³/mol. The lowest BCUT2D eigenvalue weighted by Gasteiger charge is -2.13. The summed E-state index contributed by atoms with van der Waals surface area (Å²) >= 11 is 0. The highest BCUT2D eigenvalue weighted by molar-refractivity contribution is 5.89.